The van der Waals surface area contributed by atoms with Crippen LogP contribution in [0.15, 0.2) is 65.9 Å². The van der Waals surface area contributed by atoms with E-state index in [1.54, 1.807) is 43.3 Å². The molecule has 0 aromatic heterocycles. The number of aryl methyl sites for hydroxylation is 1. The standard InChI is InChI=1S/C25H26N2O6/c1-3-32-24(30)22-19(26-25(31)27-23(22)18-7-5-4-6-8-18)15-33-21(29)14-13-20(28)17-11-9-16(2)10-12-17/h4-12,23H,3,13-15H2,1-2H3,(H2,26,27,31). The fourth-order valence-corrected chi connectivity index (χ4v) is 3.40. The molecule has 8 heteroatoms. The Labute approximate surface area is 192 Å². The number of ketones is 1. The summed E-state index contributed by atoms with van der Waals surface area (Å²) in [5.41, 5.74) is 2.55. The van der Waals surface area contributed by atoms with Crippen molar-refractivity contribution in [3.05, 3.63) is 82.6 Å². The van der Waals surface area contributed by atoms with Gasteiger partial charge in [0.15, 0.2) is 5.78 Å². The molecule has 8 nitrogen and oxygen atoms in total. The van der Waals surface area contributed by atoms with Crippen LogP contribution < -0.4 is 10.6 Å². The Balaban J connectivity index is 1.70. The van der Waals surface area contributed by atoms with Gasteiger partial charge in [-0.15, -0.1) is 0 Å². The molecule has 1 aliphatic rings. The fourth-order valence-electron chi connectivity index (χ4n) is 3.40. The molecular weight excluding hydrogens is 424 g/mol. The summed E-state index contributed by atoms with van der Waals surface area (Å²) in [6.07, 6.45) is -0.130. The van der Waals surface area contributed by atoms with Crippen molar-refractivity contribution < 1.29 is 28.7 Å². The Morgan fingerprint density at radius 3 is 2.30 bits per heavy atom. The second-order valence-electron chi connectivity index (χ2n) is 7.50. The first-order valence-corrected chi connectivity index (χ1v) is 10.7. The van der Waals surface area contributed by atoms with Gasteiger partial charge in [0.1, 0.15) is 6.61 Å². The average Bonchev–Trinajstić information content (AvgIpc) is 2.82. The molecule has 2 aromatic carbocycles. The first kappa shape index (κ1) is 23.7. The van der Waals surface area contributed by atoms with E-state index < -0.39 is 24.0 Å². The molecule has 1 aliphatic heterocycles. The van der Waals surface area contributed by atoms with E-state index in [0.717, 1.165) is 5.56 Å². The molecule has 33 heavy (non-hydrogen) atoms. The minimum atomic E-state index is -0.754. The van der Waals surface area contributed by atoms with Gasteiger partial charge in [0.05, 0.1) is 30.3 Å². The highest BCUT2D eigenvalue weighted by Gasteiger charge is 2.34. The zero-order valence-electron chi connectivity index (χ0n) is 18.6. The quantitative estimate of drug-likeness (QED) is 0.448. The summed E-state index contributed by atoms with van der Waals surface area (Å²) in [4.78, 5) is 49.5. The topological polar surface area (TPSA) is 111 Å². The van der Waals surface area contributed by atoms with Crippen LogP contribution in [0.4, 0.5) is 4.79 Å². The van der Waals surface area contributed by atoms with Gasteiger partial charge >= 0.3 is 18.0 Å². The average molecular weight is 450 g/mol. The van der Waals surface area contributed by atoms with E-state index in [4.69, 9.17) is 9.47 Å². The highest BCUT2D eigenvalue weighted by molar-refractivity contribution is 5.97. The van der Waals surface area contributed by atoms with Crippen LogP contribution in [0.3, 0.4) is 0 Å². The lowest BCUT2D eigenvalue weighted by Gasteiger charge is -2.29. The summed E-state index contributed by atoms with van der Waals surface area (Å²) in [6.45, 7) is 3.41. The summed E-state index contributed by atoms with van der Waals surface area (Å²) in [7, 11) is 0. The van der Waals surface area contributed by atoms with Crippen molar-refractivity contribution in [2.24, 2.45) is 0 Å². The fraction of sp³-hybridized carbons (Fsp3) is 0.280. The third kappa shape index (κ3) is 6.29. The molecule has 0 aliphatic carbocycles. The lowest BCUT2D eigenvalue weighted by Crippen LogP contribution is -2.47. The number of esters is 2. The number of benzene rings is 2. The highest BCUT2D eigenvalue weighted by Crippen LogP contribution is 2.27. The summed E-state index contributed by atoms with van der Waals surface area (Å²) in [5, 5.41) is 5.25. The Morgan fingerprint density at radius 1 is 0.939 bits per heavy atom. The third-order valence-corrected chi connectivity index (χ3v) is 5.09. The Hall–Kier alpha value is -3.94. The van der Waals surface area contributed by atoms with Crippen molar-refractivity contribution in [3.63, 3.8) is 0 Å². The molecule has 2 N–H and O–H groups in total. The largest absolute Gasteiger partial charge is 0.463 e. The summed E-state index contributed by atoms with van der Waals surface area (Å²) >= 11 is 0. The van der Waals surface area contributed by atoms with Crippen molar-refractivity contribution in [3.8, 4) is 0 Å². The van der Waals surface area contributed by atoms with Crippen LogP contribution in [0.25, 0.3) is 0 Å². The van der Waals surface area contributed by atoms with Crippen molar-refractivity contribution >= 4 is 23.8 Å². The maximum Gasteiger partial charge on any atom is 0.338 e. The van der Waals surface area contributed by atoms with Gasteiger partial charge < -0.3 is 20.1 Å². The van der Waals surface area contributed by atoms with Gasteiger partial charge in [-0.3, -0.25) is 9.59 Å². The molecule has 172 valence electrons. The number of carbonyl (C=O) groups excluding carboxylic acids is 4. The Morgan fingerprint density at radius 2 is 1.64 bits per heavy atom. The van der Waals surface area contributed by atoms with Crippen LogP contribution in [0.1, 0.15) is 47.3 Å². The smallest absolute Gasteiger partial charge is 0.338 e. The van der Waals surface area contributed by atoms with Gasteiger partial charge in [-0.05, 0) is 19.4 Å². The molecule has 2 amide bonds. The van der Waals surface area contributed by atoms with Crippen LogP contribution >= 0.6 is 0 Å². The van der Waals surface area contributed by atoms with Gasteiger partial charge in [0.2, 0.25) is 0 Å². The lowest BCUT2D eigenvalue weighted by atomic mass is 9.95. The van der Waals surface area contributed by atoms with Gasteiger partial charge in [0, 0.05) is 12.0 Å². The van der Waals surface area contributed by atoms with E-state index in [1.807, 2.05) is 25.1 Å². The molecule has 1 heterocycles. The predicted molar refractivity (Wildman–Crippen MR) is 120 cm³/mol. The number of hydrogen-bond acceptors (Lipinski definition) is 6. The summed E-state index contributed by atoms with van der Waals surface area (Å²) in [6, 6.07) is 14.8. The lowest BCUT2D eigenvalue weighted by molar-refractivity contribution is -0.143. The van der Waals surface area contributed by atoms with Crippen LogP contribution in [0.2, 0.25) is 0 Å². The second-order valence-corrected chi connectivity index (χ2v) is 7.50. The summed E-state index contributed by atoms with van der Waals surface area (Å²) in [5.74, 6) is -1.41. The third-order valence-electron chi connectivity index (χ3n) is 5.09. The molecule has 1 unspecified atom stereocenters. The molecule has 0 fully saturated rings. The Kier molecular flexibility index (Phi) is 7.96. The SMILES string of the molecule is CCOC(=O)C1=C(COC(=O)CCC(=O)c2ccc(C)cc2)NC(=O)NC1c1ccccc1. The number of carbonyl (C=O) groups is 4. The number of rotatable bonds is 9. The monoisotopic (exact) mass is 450 g/mol. The zero-order chi connectivity index (χ0) is 23.8. The van der Waals surface area contributed by atoms with Gasteiger partial charge in [-0.2, -0.15) is 0 Å². The molecule has 0 radical (unpaired) electrons. The van der Waals surface area contributed by atoms with Crippen LogP contribution in [0, 0.1) is 6.92 Å². The molecule has 1 atom stereocenters. The number of amides is 2. The molecule has 2 aromatic rings. The van der Waals surface area contributed by atoms with Crippen LogP contribution in [-0.2, 0) is 19.1 Å². The van der Waals surface area contributed by atoms with Crippen molar-refractivity contribution in [2.75, 3.05) is 13.2 Å². The van der Waals surface area contributed by atoms with E-state index in [2.05, 4.69) is 10.6 Å². The number of ether oxygens (including phenoxy) is 2. The number of nitrogens with one attached hydrogen (secondary N) is 2. The maximum atomic E-state index is 12.7. The molecule has 0 saturated heterocycles. The summed E-state index contributed by atoms with van der Waals surface area (Å²) < 4.78 is 10.4. The first-order chi connectivity index (χ1) is 15.9. The van der Waals surface area contributed by atoms with Crippen molar-refractivity contribution in [1.29, 1.82) is 0 Å². The van der Waals surface area contributed by atoms with E-state index >= 15 is 0 Å². The van der Waals surface area contributed by atoms with E-state index in [0.29, 0.717) is 11.1 Å². The van der Waals surface area contributed by atoms with Crippen molar-refractivity contribution in [2.45, 2.75) is 32.7 Å². The highest BCUT2D eigenvalue weighted by atomic mass is 16.5. The molecule has 0 bridgehead atoms. The molecular formula is C25H26N2O6. The van der Waals surface area contributed by atoms with Gasteiger partial charge in [0.25, 0.3) is 0 Å². The van der Waals surface area contributed by atoms with E-state index in [9.17, 15) is 19.2 Å². The molecule has 0 saturated carbocycles. The minimum absolute atomic E-state index is 0.00771. The second kappa shape index (κ2) is 11.1. The maximum absolute atomic E-state index is 12.7. The van der Waals surface area contributed by atoms with Crippen molar-refractivity contribution in [1.82, 2.24) is 10.6 Å². The molecule has 3 rings (SSSR count). The van der Waals surface area contributed by atoms with Crippen LogP contribution in [-0.4, -0.2) is 37.0 Å². The van der Waals surface area contributed by atoms with Gasteiger partial charge in [-0.25, -0.2) is 9.59 Å². The zero-order valence-corrected chi connectivity index (χ0v) is 18.6. The first-order valence-electron chi connectivity index (χ1n) is 10.7. The Bertz CT molecular complexity index is 1060. The number of hydrogen-bond donors (Lipinski definition) is 2. The van der Waals surface area contributed by atoms with Gasteiger partial charge in [-0.1, -0.05) is 60.2 Å². The number of Topliss-reactive ketones (excluding diaryl/α,β-unsaturated/α-hetero) is 1. The normalized spacial score (nSPS) is 15.3. The van der Waals surface area contributed by atoms with Crippen LogP contribution in [0.5, 0.6) is 0 Å². The molecule has 0 spiro atoms. The van der Waals surface area contributed by atoms with E-state index in [1.165, 1.54) is 0 Å². The minimum Gasteiger partial charge on any atom is -0.463 e. The predicted octanol–water partition coefficient (Wildman–Crippen LogP) is 3.37. The van der Waals surface area contributed by atoms with E-state index in [-0.39, 0.29) is 43.1 Å². The number of urea groups is 1.